The van der Waals surface area contributed by atoms with Crippen LogP contribution in [-0.4, -0.2) is 43.7 Å². The number of aliphatic carboxylic acids is 2. The van der Waals surface area contributed by atoms with E-state index in [0.29, 0.717) is 50.9 Å². The highest BCUT2D eigenvalue weighted by Crippen LogP contribution is 2.44. The van der Waals surface area contributed by atoms with Gasteiger partial charge in [-0.05, 0) is 50.5 Å². The zero-order chi connectivity index (χ0) is 24.8. The average molecular weight is 482 g/mol. The van der Waals surface area contributed by atoms with Crippen LogP contribution in [0.5, 0.6) is 0 Å². The standard InChI is InChI=1S/C27H35N3O5/c31-24(32)20-8-10-22(11-9-20)29-26(35)27(12-4-5-13-27)17-21(25(33)34)16-23-28-14-15-30(23)18-19-6-2-1-3-7-19/h1-3,6-7,14-15,20-22H,4-5,8-13,16-18H2,(H,29,35)(H,31,32)(H,33,34). The Morgan fingerprint density at radius 3 is 2.37 bits per heavy atom. The Bertz CT molecular complexity index is 1020. The molecule has 0 bridgehead atoms. The van der Waals surface area contributed by atoms with Gasteiger partial charge in [-0.2, -0.15) is 0 Å². The number of aromatic nitrogens is 2. The van der Waals surface area contributed by atoms with Gasteiger partial charge < -0.3 is 20.1 Å². The molecule has 3 N–H and O–H groups in total. The van der Waals surface area contributed by atoms with Gasteiger partial charge in [-0.25, -0.2) is 4.98 Å². The molecule has 2 aromatic rings. The van der Waals surface area contributed by atoms with Gasteiger partial charge in [0.2, 0.25) is 5.91 Å². The number of carboxylic acids is 2. The molecule has 1 heterocycles. The van der Waals surface area contributed by atoms with E-state index in [4.69, 9.17) is 0 Å². The summed E-state index contributed by atoms with van der Waals surface area (Å²) in [5, 5.41) is 22.5. The van der Waals surface area contributed by atoms with Gasteiger partial charge in [0.05, 0.1) is 17.3 Å². The minimum absolute atomic E-state index is 0.0383. The number of hydrogen-bond donors (Lipinski definition) is 3. The fourth-order valence-electron chi connectivity index (χ4n) is 5.79. The van der Waals surface area contributed by atoms with Crippen molar-refractivity contribution in [2.75, 3.05) is 0 Å². The van der Waals surface area contributed by atoms with E-state index in [2.05, 4.69) is 10.3 Å². The molecule has 1 aromatic carbocycles. The Morgan fingerprint density at radius 1 is 1.06 bits per heavy atom. The molecule has 188 valence electrons. The van der Waals surface area contributed by atoms with E-state index in [0.717, 1.165) is 18.4 Å². The minimum Gasteiger partial charge on any atom is -0.481 e. The third-order valence-electron chi connectivity index (χ3n) is 7.87. The molecule has 2 fully saturated rings. The van der Waals surface area contributed by atoms with E-state index in [1.165, 1.54) is 0 Å². The predicted octanol–water partition coefficient (Wildman–Crippen LogP) is 3.88. The Balaban J connectivity index is 1.43. The molecule has 1 atom stereocenters. The number of nitrogens with zero attached hydrogens (tertiary/aromatic N) is 2. The van der Waals surface area contributed by atoms with Crippen molar-refractivity contribution < 1.29 is 24.6 Å². The maximum Gasteiger partial charge on any atom is 0.306 e. The summed E-state index contributed by atoms with van der Waals surface area (Å²) in [4.78, 5) is 41.5. The maximum atomic E-state index is 13.5. The molecule has 35 heavy (non-hydrogen) atoms. The number of carboxylic acid groups (broad SMARTS) is 2. The molecule has 0 saturated heterocycles. The zero-order valence-electron chi connectivity index (χ0n) is 20.1. The second-order valence-electron chi connectivity index (χ2n) is 10.2. The fourth-order valence-corrected chi connectivity index (χ4v) is 5.79. The van der Waals surface area contributed by atoms with Crippen molar-refractivity contribution in [2.45, 2.75) is 76.8 Å². The molecule has 2 saturated carbocycles. The molecule has 4 rings (SSSR count). The van der Waals surface area contributed by atoms with Crippen molar-refractivity contribution in [3.8, 4) is 0 Å². The SMILES string of the molecule is O=C(O)C1CCC(NC(=O)C2(CC(Cc3nccn3Cc3ccccc3)C(=O)O)CCCC2)CC1. The molecule has 0 spiro atoms. The number of nitrogens with one attached hydrogen (secondary N) is 1. The molecule has 1 amide bonds. The van der Waals surface area contributed by atoms with Crippen molar-refractivity contribution in [3.63, 3.8) is 0 Å². The molecule has 2 aliphatic rings. The monoisotopic (exact) mass is 481 g/mol. The number of carbonyl (C=O) groups excluding carboxylic acids is 1. The first-order valence-electron chi connectivity index (χ1n) is 12.7. The normalized spacial score (nSPS) is 22.4. The highest BCUT2D eigenvalue weighted by molar-refractivity contribution is 5.84. The Hall–Kier alpha value is -3.16. The third-order valence-corrected chi connectivity index (χ3v) is 7.87. The van der Waals surface area contributed by atoms with Crippen molar-refractivity contribution in [3.05, 3.63) is 54.1 Å². The van der Waals surface area contributed by atoms with Crippen LogP contribution in [0.1, 0.15) is 69.2 Å². The van der Waals surface area contributed by atoms with Gasteiger partial charge in [-0.15, -0.1) is 0 Å². The van der Waals surface area contributed by atoms with Crippen molar-refractivity contribution >= 4 is 17.8 Å². The summed E-state index contributed by atoms with van der Waals surface area (Å²) >= 11 is 0. The fraction of sp³-hybridized carbons (Fsp3) is 0.556. The number of imidazole rings is 1. The van der Waals surface area contributed by atoms with Crippen molar-refractivity contribution in [1.29, 1.82) is 0 Å². The summed E-state index contributed by atoms with van der Waals surface area (Å²) in [5.41, 5.74) is 0.423. The minimum atomic E-state index is -0.902. The topological polar surface area (TPSA) is 122 Å². The first-order valence-corrected chi connectivity index (χ1v) is 12.7. The van der Waals surface area contributed by atoms with Gasteiger partial charge in [-0.1, -0.05) is 43.2 Å². The Morgan fingerprint density at radius 2 is 1.74 bits per heavy atom. The molecular weight excluding hydrogens is 446 g/mol. The van der Waals surface area contributed by atoms with E-state index in [1.54, 1.807) is 6.20 Å². The predicted molar refractivity (Wildman–Crippen MR) is 130 cm³/mol. The van der Waals surface area contributed by atoms with E-state index >= 15 is 0 Å². The first kappa shape index (κ1) is 24.9. The first-order chi connectivity index (χ1) is 16.9. The van der Waals surface area contributed by atoms with Crippen LogP contribution in [0.15, 0.2) is 42.7 Å². The van der Waals surface area contributed by atoms with Crippen LogP contribution in [-0.2, 0) is 27.3 Å². The van der Waals surface area contributed by atoms with Gasteiger partial charge in [0.25, 0.3) is 0 Å². The number of benzene rings is 1. The number of rotatable bonds is 10. The summed E-state index contributed by atoms with van der Waals surface area (Å²) in [6.07, 6.45) is 9.75. The third kappa shape index (κ3) is 6.10. The summed E-state index contributed by atoms with van der Waals surface area (Å²) in [6.45, 7) is 0.618. The van der Waals surface area contributed by atoms with Crippen LogP contribution in [0.25, 0.3) is 0 Å². The highest BCUT2D eigenvalue weighted by atomic mass is 16.4. The van der Waals surface area contributed by atoms with Crippen LogP contribution < -0.4 is 5.32 Å². The smallest absolute Gasteiger partial charge is 0.306 e. The van der Waals surface area contributed by atoms with E-state index in [1.807, 2.05) is 41.1 Å². The summed E-state index contributed by atoms with van der Waals surface area (Å²) in [6, 6.07) is 9.93. The lowest BCUT2D eigenvalue weighted by Crippen LogP contribution is -2.47. The zero-order valence-corrected chi connectivity index (χ0v) is 20.1. The number of amides is 1. The summed E-state index contributed by atoms with van der Waals surface area (Å²) in [7, 11) is 0. The molecule has 0 aliphatic heterocycles. The molecule has 0 radical (unpaired) electrons. The lowest BCUT2D eigenvalue weighted by molar-refractivity contribution is -0.144. The van der Waals surface area contributed by atoms with E-state index in [-0.39, 0.29) is 30.7 Å². The molecular formula is C27H35N3O5. The van der Waals surface area contributed by atoms with Gasteiger partial charge in [0.1, 0.15) is 5.82 Å². The van der Waals surface area contributed by atoms with Crippen LogP contribution in [0.4, 0.5) is 0 Å². The second kappa shape index (κ2) is 11.1. The number of carbonyl (C=O) groups is 3. The van der Waals surface area contributed by atoms with Gasteiger partial charge in [0, 0.05) is 31.4 Å². The van der Waals surface area contributed by atoms with Crippen molar-refractivity contribution in [2.24, 2.45) is 17.3 Å². The molecule has 2 aliphatic carbocycles. The van der Waals surface area contributed by atoms with E-state index < -0.39 is 23.3 Å². The highest BCUT2D eigenvalue weighted by Gasteiger charge is 2.45. The molecule has 1 aromatic heterocycles. The lowest BCUT2D eigenvalue weighted by Gasteiger charge is -2.34. The average Bonchev–Trinajstić information content (AvgIpc) is 3.50. The molecule has 8 heteroatoms. The largest absolute Gasteiger partial charge is 0.481 e. The van der Waals surface area contributed by atoms with Gasteiger partial charge in [0.15, 0.2) is 0 Å². The van der Waals surface area contributed by atoms with Crippen LogP contribution in [0, 0.1) is 17.3 Å². The van der Waals surface area contributed by atoms with Gasteiger partial charge in [-0.3, -0.25) is 14.4 Å². The maximum absolute atomic E-state index is 13.5. The lowest BCUT2D eigenvalue weighted by atomic mass is 9.75. The quantitative estimate of drug-likeness (QED) is 0.473. The van der Waals surface area contributed by atoms with Crippen LogP contribution >= 0.6 is 0 Å². The molecule has 1 unspecified atom stereocenters. The summed E-state index contributed by atoms with van der Waals surface area (Å²) < 4.78 is 1.98. The Labute approximate surface area is 205 Å². The van der Waals surface area contributed by atoms with E-state index in [9.17, 15) is 24.6 Å². The molecule has 8 nitrogen and oxygen atoms in total. The van der Waals surface area contributed by atoms with Crippen LogP contribution in [0.2, 0.25) is 0 Å². The Kier molecular flexibility index (Phi) is 7.88. The second-order valence-corrected chi connectivity index (χ2v) is 10.2. The van der Waals surface area contributed by atoms with Crippen LogP contribution in [0.3, 0.4) is 0 Å². The summed E-state index contributed by atoms with van der Waals surface area (Å²) in [5.74, 6) is -2.06. The van der Waals surface area contributed by atoms with Gasteiger partial charge >= 0.3 is 11.9 Å². The van der Waals surface area contributed by atoms with Crippen molar-refractivity contribution in [1.82, 2.24) is 14.9 Å². The number of hydrogen-bond acceptors (Lipinski definition) is 4.